The number of anilines is 1. The third-order valence-corrected chi connectivity index (χ3v) is 6.40. The van der Waals surface area contributed by atoms with Gasteiger partial charge in [-0.3, -0.25) is 14.6 Å². The van der Waals surface area contributed by atoms with Crippen molar-refractivity contribution in [1.29, 1.82) is 0 Å². The Morgan fingerprint density at radius 2 is 1.88 bits per heavy atom. The molecule has 2 N–H and O–H groups in total. The molecule has 1 aliphatic heterocycles. The van der Waals surface area contributed by atoms with E-state index < -0.39 is 11.9 Å². The minimum absolute atomic E-state index is 0.0192. The third kappa shape index (κ3) is 6.04. The summed E-state index contributed by atoms with van der Waals surface area (Å²) >= 11 is 6.28. The molecule has 2 unspecified atom stereocenters. The summed E-state index contributed by atoms with van der Waals surface area (Å²) in [4.78, 5) is 17.0. The second kappa shape index (κ2) is 11.1. The Bertz CT molecular complexity index is 1150. The lowest BCUT2D eigenvalue weighted by molar-refractivity contribution is -0.118. The van der Waals surface area contributed by atoms with E-state index in [1.165, 1.54) is 6.07 Å². The molecule has 34 heavy (non-hydrogen) atoms. The number of carbonyl (C=O) groups is 1. The first-order valence-corrected chi connectivity index (χ1v) is 11.8. The fraction of sp³-hybridized carbons (Fsp3) is 0.346. The van der Waals surface area contributed by atoms with Gasteiger partial charge in [0.05, 0.1) is 6.54 Å². The second-order valence-corrected chi connectivity index (χ2v) is 9.07. The van der Waals surface area contributed by atoms with Crippen LogP contribution in [0.4, 0.5) is 10.1 Å². The summed E-state index contributed by atoms with van der Waals surface area (Å²) in [6, 6.07) is 17.7. The molecule has 1 fully saturated rings. The number of aliphatic hydroxyl groups is 1. The van der Waals surface area contributed by atoms with Gasteiger partial charge in [0.25, 0.3) is 0 Å². The number of rotatable bonds is 8. The van der Waals surface area contributed by atoms with Crippen molar-refractivity contribution in [2.24, 2.45) is 0 Å². The molecule has 0 saturated carbocycles. The maximum atomic E-state index is 13.7. The van der Waals surface area contributed by atoms with Gasteiger partial charge in [0.15, 0.2) is 11.6 Å². The summed E-state index contributed by atoms with van der Waals surface area (Å²) in [5.74, 6) is -0.382. The zero-order chi connectivity index (χ0) is 24.1. The number of nitrogens with one attached hydrogen (secondary N) is 1. The van der Waals surface area contributed by atoms with Crippen molar-refractivity contribution < 1.29 is 19.0 Å². The SMILES string of the molecule is CC1CN(CC(=O)Nc2ccc(Cl)c3ccccc23)CCN1CC(O)COc1ccccc1F. The van der Waals surface area contributed by atoms with Crippen LogP contribution in [0.15, 0.2) is 60.7 Å². The number of hydrogen-bond donors (Lipinski definition) is 2. The fourth-order valence-electron chi connectivity index (χ4n) is 4.32. The number of nitrogens with zero attached hydrogens (tertiary/aromatic N) is 2. The van der Waals surface area contributed by atoms with Gasteiger partial charge in [0.1, 0.15) is 12.7 Å². The number of fused-ring (bicyclic) bond motifs is 1. The highest BCUT2D eigenvalue weighted by atomic mass is 35.5. The van der Waals surface area contributed by atoms with Crippen LogP contribution in [0.3, 0.4) is 0 Å². The molecule has 6 nitrogen and oxygen atoms in total. The molecule has 2 atom stereocenters. The average molecular weight is 486 g/mol. The van der Waals surface area contributed by atoms with Crippen LogP contribution >= 0.6 is 11.6 Å². The summed E-state index contributed by atoms with van der Waals surface area (Å²) in [6.07, 6.45) is -0.741. The minimum atomic E-state index is -0.741. The lowest BCUT2D eigenvalue weighted by Crippen LogP contribution is -2.55. The normalized spacial score (nSPS) is 18.1. The first-order chi connectivity index (χ1) is 16.4. The first-order valence-electron chi connectivity index (χ1n) is 11.4. The fourth-order valence-corrected chi connectivity index (χ4v) is 4.55. The highest BCUT2D eigenvalue weighted by Crippen LogP contribution is 2.29. The summed E-state index contributed by atoms with van der Waals surface area (Å²) in [7, 11) is 0. The molecule has 1 saturated heterocycles. The smallest absolute Gasteiger partial charge is 0.238 e. The summed E-state index contributed by atoms with van der Waals surface area (Å²) in [6.45, 7) is 4.93. The van der Waals surface area contributed by atoms with Crippen molar-refractivity contribution in [1.82, 2.24) is 9.80 Å². The predicted molar refractivity (Wildman–Crippen MR) is 133 cm³/mol. The van der Waals surface area contributed by atoms with Gasteiger partial charge in [0, 0.05) is 53.7 Å². The van der Waals surface area contributed by atoms with Gasteiger partial charge >= 0.3 is 0 Å². The summed E-state index contributed by atoms with van der Waals surface area (Å²) in [5, 5.41) is 15.9. The molecule has 0 radical (unpaired) electrons. The van der Waals surface area contributed by atoms with Gasteiger partial charge in [-0.1, -0.05) is 48.0 Å². The van der Waals surface area contributed by atoms with Gasteiger partial charge in [-0.2, -0.15) is 0 Å². The molecule has 1 heterocycles. The van der Waals surface area contributed by atoms with Crippen molar-refractivity contribution in [3.63, 3.8) is 0 Å². The van der Waals surface area contributed by atoms with Gasteiger partial charge in [0.2, 0.25) is 5.91 Å². The van der Waals surface area contributed by atoms with E-state index in [-0.39, 0.29) is 30.9 Å². The van der Waals surface area contributed by atoms with Crippen molar-refractivity contribution in [3.05, 3.63) is 71.5 Å². The zero-order valence-electron chi connectivity index (χ0n) is 19.1. The molecule has 0 aliphatic carbocycles. The molecule has 8 heteroatoms. The predicted octanol–water partition coefficient (Wildman–Crippen LogP) is 4.02. The van der Waals surface area contributed by atoms with E-state index in [1.807, 2.05) is 30.3 Å². The van der Waals surface area contributed by atoms with E-state index in [0.29, 0.717) is 24.7 Å². The molecule has 1 amide bonds. The highest BCUT2D eigenvalue weighted by Gasteiger charge is 2.26. The van der Waals surface area contributed by atoms with E-state index in [9.17, 15) is 14.3 Å². The van der Waals surface area contributed by atoms with Crippen molar-refractivity contribution in [2.75, 3.05) is 44.6 Å². The molecule has 4 rings (SSSR count). The Hall–Kier alpha value is -2.71. The largest absolute Gasteiger partial charge is 0.488 e. The maximum Gasteiger partial charge on any atom is 0.238 e. The Morgan fingerprint density at radius 1 is 1.15 bits per heavy atom. The summed E-state index contributed by atoms with van der Waals surface area (Å²) < 4.78 is 19.1. The molecule has 180 valence electrons. The van der Waals surface area contributed by atoms with Gasteiger partial charge in [-0.25, -0.2) is 4.39 Å². The number of aliphatic hydroxyl groups excluding tert-OH is 1. The van der Waals surface area contributed by atoms with Gasteiger partial charge in [-0.15, -0.1) is 0 Å². The standard InChI is InChI=1S/C26H29ClFN3O3/c1-18-14-30(12-13-31(18)15-19(32)17-34-25-9-5-4-8-23(25)28)16-26(33)29-24-11-10-22(27)20-6-2-3-7-21(20)24/h2-11,18-19,32H,12-17H2,1H3,(H,29,33). The van der Waals surface area contributed by atoms with Crippen molar-refractivity contribution in [3.8, 4) is 5.75 Å². The molecule has 0 spiro atoms. The van der Waals surface area contributed by atoms with Crippen LogP contribution in [-0.2, 0) is 4.79 Å². The van der Waals surface area contributed by atoms with E-state index >= 15 is 0 Å². The lowest BCUT2D eigenvalue weighted by Gasteiger charge is -2.40. The Labute approximate surface area is 203 Å². The van der Waals surface area contributed by atoms with Crippen molar-refractivity contribution in [2.45, 2.75) is 19.1 Å². The number of piperazine rings is 1. The number of ether oxygens (including phenoxy) is 1. The quantitative estimate of drug-likeness (QED) is 0.504. The van der Waals surface area contributed by atoms with E-state index in [2.05, 4.69) is 22.0 Å². The lowest BCUT2D eigenvalue weighted by atomic mass is 10.1. The van der Waals surface area contributed by atoms with Crippen LogP contribution in [0.25, 0.3) is 10.8 Å². The van der Waals surface area contributed by atoms with Crippen LogP contribution in [0, 0.1) is 5.82 Å². The zero-order valence-corrected chi connectivity index (χ0v) is 19.8. The molecule has 0 aromatic heterocycles. The number of carbonyl (C=O) groups excluding carboxylic acids is 1. The van der Waals surface area contributed by atoms with Crippen LogP contribution in [0.5, 0.6) is 5.75 Å². The number of amides is 1. The monoisotopic (exact) mass is 485 g/mol. The van der Waals surface area contributed by atoms with Crippen LogP contribution < -0.4 is 10.1 Å². The Morgan fingerprint density at radius 3 is 2.65 bits per heavy atom. The van der Waals surface area contributed by atoms with Crippen LogP contribution in [0.1, 0.15) is 6.92 Å². The number of hydrogen-bond acceptors (Lipinski definition) is 5. The second-order valence-electron chi connectivity index (χ2n) is 8.66. The van der Waals surface area contributed by atoms with E-state index in [1.54, 1.807) is 24.3 Å². The Balaban J connectivity index is 1.25. The van der Waals surface area contributed by atoms with Crippen LogP contribution in [0.2, 0.25) is 5.02 Å². The number of halogens is 2. The number of para-hydroxylation sites is 1. The molecular formula is C26H29ClFN3O3. The Kier molecular flexibility index (Phi) is 8.00. The minimum Gasteiger partial charge on any atom is -0.488 e. The topological polar surface area (TPSA) is 65.0 Å². The molecule has 1 aliphatic rings. The average Bonchev–Trinajstić information content (AvgIpc) is 2.82. The number of β-amino-alcohol motifs (C(OH)–C–C–N with tert-alkyl or cyclic N) is 1. The maximum absolute atomic E-state index is 13.7. The summed E-state index contributed by atoms with van der Waals surface area (Å²) in [5.41, 5.74) is 0.745. The van der Waals surface area contributed by atoms with Gasteiger partial charge in [-0.05, 0) is 31.2 Å². The molecule has 3 aromatic carbocycles. The molecule has 3 aromatic rings. The first kappa shape index (κ1) is 24.4. The number of benzene rings is 3. The van der Waals surface area contributed by atoms with E-state index in [4.69, 9.17) is 16.3 Å². The highest BCUT2D eigenvalue weighted by molar-refractivity contribution is 6.36. The van der Waals surface area contributed by atoms with Crippen LogP contribution in [-0.4, -0.2) is 72.3 Å². The van der Waals surface area contributed by atoms with E-state index in [0.717, 1.165) is 23.0 Å². The molecular weight excluding hydrogens is 457 g/mol. The molecule has 0 bridgehead atoms. The third-order valence-electron chi connectivity index (χ3n) is 6.07. The van der Waals surface area contributed by atoms with Crippen molar-refractivity contribution >= 4 is 34.0 Å². The van der Waals surface area contributed by atoms with Gasteiger partial charge < -0.3 is 15.2 Å².